The number of nitrogens with one attached hydrogen (secondary N) is 1. The number of amides is 1. The summed E-state index contributed by atoms with van der Waals surface area (Å²) in [4.78, 5) is 32.5. The first kappa shape index (κ1) is 20.5. The second-order valence-corrected chi connectivity index (χ2v) is 8.75. The molecule has 0 unspecified atom stereocenters. The van der Waals surface area contributed by atoms with Crippen LogP contribution in [-0.4, -0.2) is 37.8 Å². The molecule has 1 fully saturated rings. The highest BCUT2D eigenvalue weighted by atomic mass is 32.2. The molecular weight excluding hydrogens is 448 g/mol. The van der Waals surface area contributed by atoms with Gasteiger partial charge in [0.25, 0.3) is 11.5 Å². The van der Waals surface area contributed by atoms with Crippen LogP contribution in [0.25, 0.3) is 11.7 Å². The molecule has 8 nitrogen and oxygen atoms in total. The van der Waals surface area contributed by atoms with Gasteiger partial charge >= 0.3 is 0 Å². The number of rotatable bonds is 5. The summed E-state index contributed by atoms with van der Waals surface area (Å²) in [6, 6.07) is 11.0. The molecule has 1 amide bonds. The van der Waals surface area contributed by atoms with Crippen LogP contribution in [0.1, 0.15) is 18.1 Å². The van der Waals surface area contributed by atoms with Crippen LogP contribution in [0.2, 0.25) is 0 Å². The first-order chi connectivity index (χ1) is 15.5. The predicted octanol–water partition coefficient (Wildman–Crippen LogP) is 3.26. The fraction of sp³-hybridized carbons (Fsp3) is 0.182. The van der Waals surface area contributed by atoms with E-state index in [1.165, 1.54) is 21.1 Å². The highest BCUT2D eigenvalue weighted by Crippen LogP contribution is 2.34. The summed E-state index contributed by atoms with van der Waals surface area (Å²) in [5.74, 6) is 1.57. The fourth-order valence-electron chi connectivity index (χ4n) is 3.51. The summed E-state index contributed by atoms with van der Waals surface area (Å²) in [7, 11) is 0. The molecule has 5 rings (SSSR count). The van der Waals surface area contributed by atoms with E-state index < -0.39 is 0 Å². The molecule has 1 aromatic carbocycles. The number of anilines is 1. The molecule has 1 saturated heterocycles. The van der Waals surface area contributed by atoms with Crippen LogP contribution in [0, 0.1) is 0 Å². The average Bonchev–Trinajstić information content (AvgIpc) is 3.37. The number of nitrogens with zero attached hydrogens (tertiary/aromatic N) is 3. The van der Waals surface area contributed by atoms with E-state index >= 15 is 0 Å². The van der Waals surface area contributed by atoms with Crippen molar-refractivity contribution in [3.8, 4) is 11.5 Å². The fourth-order valence-corrected chi connectivity index (χ4v) is 4.87. The minimum Gasteiger partial charge on any atom is -0.454 e. The molecule has 0 saturated carbocycles. The Hall–Kier alpha value is -3.37. The summed E-state index contributed by atoms with van der Waals surface area (Å²) in [5.41, 5.74) is 1.47. The number of hydrogen-bond acceptors (Lipinski definition) is 8. The number of ether oxygens (including phenoxy) is 2. The minimum atomic E-state index is -0.273. The monoisotopic (exact) mass is 466 g/mol. The van der Waals surface area contributed by atoms with Crippen LogP contribution in [0.15, 0.2) is 52.3 Å². The molecule has 32 heavy (non-hydrogen) atoms. The first-order valence-corrected chi connectivity index (χ1v) is 11.2. The van der Waals surface area contributed by atoms with Gasteiger partial charge in [0.15, 0.2) is 11.5 Å². The van der Waals surface area contributed by atoms with E-state index in [4.69, 9.17) is 21.7 Å². The van der Waals surface area contributed by atoms with Gasteiger partial charge in [0.2, 0.25) is 6.79 Å². The summed E-state index contributed by atoms with van der Waals surface area (Å²) >= 11 is 6.48. The van der Waals surface area contributed by atoms with Crippen molar-refractivity contribution >= 4 is 51.7 Å². The molecule has 10 heteroatoms. The maximum Gasteiger partial charge on any atom is 0.267 e. The molecule has 2 aliphatic heterocycles. The van der Waals surface area contributed by atoms with Crippen molar-refractivity contribution in [1.29, 1.82) is 0 Å². The van der Waals surface area contributed by atoms with E-state index in [1.54, 1.807) is 24.4 Å². The minimum absolute atomic E-state index is 0.204. The molecule has 162 valence electrons. The van der Waals surface area contributed by atoms with Crippen LogP contribution in [0.5, 0.6) is 11.5 Å². The lowest BCUT2D eigenvalue weighted by molar-refractivity contribution is -0.121. The number of aromatic nitrogens is 2. The van der Waals surface area contributed by atoms with Gasteiger partial charge in [-0.15, -0.1) is 0 Å². The SMILES string of the molecule is CCN1C(=O)/C(=C/c2c(NCc3ccc4c(c3)OCO4)nc3ccccn3c2=O)SC1=S. The lowest BCUT2D eigenvalue weighted by Gasteiger charge is -2.12. The number of thiocarbonyl (C=S) groups is 1. The van der Waals surface area contributed by atoms with Crippen LogP contribution in [-0.2, 0) is 11.3 Å². The van der Waals surface area contributed by atoms with Gasteiger partial charge in [-0.1, -0.05) is 36.1 Å². The van der Waals surface area contributed by atoms with Gasteiger partial charge in [-0.3, -0.25) is 18.9 Å². The third-order valence-electron chi connectivity index (χ3n) is 5.13. The molecule has 0 bridgehead atoms. The molecule has 0 radical (unpaired) electrons. The highest BCUT2D eigenvalue weighted by molar-refractivity contribution is 8.26. The second kappa shape index (κ2) is 8.29. The van der Waals surface area contributed by atoms with Gasteiger partial charge < -0.3 is 14.8 Å². The topological polar surface area (TPSA) is 85.2 Å². The summed E-state index contributed by atoms with van der Waals surface area (Å²) in [5, 5.41) is 3.25. The molecule has 3 aromatic rings. The van der Waals surface area contributed by atoms with Crippen molar-refractivity contribution in [2.24, 2.45) is 0 Å². The van der Waals surface area contributed by atoms with Gasteiger partial charge in [0, 0.05) is 19.3 Å². The van der Waals surface area contributed by atoms with E-state index in [-0.39, 0.29) is 18.3 Å². The van der Waals surface area contributed by atoms with Crippen molar-refractivity contribution in [3.05, 3.63) is 69.0 Å². The second-order valence-electron chi connectivity index (χ2n) is 7.08. The summed E-state index contributed by atoms with van der Waals surface area (Å²) < 4.78 is 12.7. The van der Waals surface area contributed by atoms with E-state index in [9.17, 15) is 9.59 Å². The van der Waals surface area contributed by atoms with Crippen molar-refractivity contribution in [2.45, 2.75) is 13.5 Å². The van der Waals surface area contributed by atoms with Crippen molar-refractivity contribution in [1.82, 2.24) is 14.3 Å². The number of carbonyl (C=O) groups excluding carboxylic acids is 1. The molecule has 0 spiro atoms. The van der Waals surface area contributed by atoms with Crippen molar-refractivity contribution < 1.29 is 14.3 Å². The van der Waals surface area contributed by atoms with Crippen LogP contribution in [0.3, 0.4) is 0 Å². The Bertz CT molecular complexity index is 1350. The van der Waals surface area contributed by atoms with Gasteiger partial charge in [0.1, 0.15) is 15.8 Å². The first-order valence-electron chi connectivity index (χ1n) is 9.94. The lowest BCUT2D eigenvalue weighted by Crippen LogP contribution is -2.27. The number of carbonyl (C=O) groups is 1. The highest BCUT2D eigenvalue weighted by Gasteiger charge is 2.31. The standard InChI is InChI=1S/C22H18N4O4S2/c1-2-25-21(28)17(32-22(25)31)10-14-19(24-18-5-3-4-8-26(18)20(14)27)23-11-13-6-7-15-16(9-13)30-12-29-15/h3-10,23H,2,11-12H2,1H3/b17-10-. The average molecular weight is 467 g/mol. The molecule has 1 N–H and O–H groups in total. The van der Waals surface area contributed by atoms with Crippen LogP contribution in [0.4, 0.5) is 5.82 Å². The van der Waals surface area contributed by atoms with Gasteiger partial charge in [0.05, 0.1) is 10.5 Å². The van der Waals surface area contributed by atoms with E-state index in [1.807, 2.05) is 31.2 Å². The maximum absolute atomic E-state index is 13.3. The number of hydrogen-bond donors (Lipinski definition) is 1. The van der Waals surface area contributed by atoms with Crippen molar-refractivity contribution in [3.63, 3.8) is 0 Å². The molecule has 2 aliphatic rings. The predicted molar refractivity (Wildman–Crippen MR) is 127 cm³/mol. The largest absolute Gasteiger partial charge is 0.454 e. The Morgan fingerprint density at radius 1 is 1.22 bits per heavy atom. The molecule has 4 heterocycles. The van der Waals surface area contributed by atoms with Gasteiger partial charge in [-0.05, 0) is 42.8 Å². The summed E-state index contributed by atoms with van der Waals surface area (Å²) in [6.07, 6.45) is 3.23. The normalized spacial score (nSPS) is 16.4. The Morgan fingerprint density at radius 3 is 2.88 bits per heavy atom. The van der Waals surface area contributed by atoms with Gasteiger partial charge in [-0.2, -0.15) is 0 Å². The Balaban J connectivity index is 1.54. The molecular formula is C22H18N4O4S2. The number of pyridine rings is 1. The van der Waals surface area contributed by atoms with E-state index in [0.717, 1.165) is 5.56 Å². The van der Waals surface area contributed by atoms with Crippen molar-refractivity contribution in [2.75, 3.05) is 18.7 Å². The Kier molecular flexibility index (Phi) is 5.32. The maximum atomic E-state index is 13.3. The Labute approximate surface area is 192 Å². The summed E-state index contributed by atoms with van der Waals surface area (Å²) in [6.45, 7) is 2.95. The lowest BCUT2D eigenvalue weighted by atomic mass is 10.2. The quantitative estimate of drug-likeness (QED) is 0.453. The molecule has 2 aromatic heterocycles. The van der Waals surface area contributed by atoms with E-state index in [2.05, 4.69) is 10.3 Å². The number of likely N-dealkylation sites (N-methyl/N-ethyl adjacent to an activating group) is 1. The molecule has 0 atom stereocenters. The third-order valence-corrected chi connectivity index (χ3v) is 6.51. The Morgan fingerprint density at radius 2 is 2.06 bits per heavy atom. The zero-order valence-electron chi connectivity index (χ0n) is 17.0. The third kappa shape index (κ3) is 3.61. The zero-order valence-corrected chi connectivity index (χ0v) is 18.7. The van der Waals surface area contributed by atoms with Gasteiger partial charge in [-0.25, -0.2) is 4.98 Å². The van der Waals surface area contributed by atoms with Crippen LogP contribution < -0.4 is 20.3 Å². The van der Waals surface area contributed by atoms with E-state index in [0.29, 0.717) is 50.8 Å². The number of thioether (sulfide) groups is 1. The number of fused-ring (bicyclic) bond motifs is 2. The molecule has 0 aliphatic carbocycles. The smallest absolute Gasteiger partial charge is 0.267 e. The van der Waals surface area contributed by atoms with Crippen LogP contribution >= 0.6 is 24.0 Å². The zero-order chi connectivity index (χ0) is 22.2. The number of benzene rings is 1.